The molecular weight excluding hydrogens is 320 g/mol. The van der Waals surface area contributed by atoms with Crippen molar-refractivity contribution in [2.75, 3.05) is 19.7 Å². The SMILES string of the molecule is Cc1noc(C)c1CCC(=O)N1CCC2(CC1)OCCc1cn[nH]c12. The van der Waals surface area contributed by atoms with E-state index in [9.17, 15) is 4.79 Å². The number of nitrogens with zero attached hydrogens (tertiary/aromatic N) is 3. The molecule has 7 heteroatoms. The minimum absolute atomic E-state index is 0.190. The minimum atomic E-state index is -0.289. The monoisotopic (exact) mass is 344 g/mol. The Bertz CT molecular complexity index is 752. The molecule has 7 nitrogen and oxygen atoms in total. The van der Waals surface area contributed by atoms with E-state index < -0.39 is 0 Å². The van der Waals surface area contributed by atoms with Crippen LogP contribution in [0.2, 0.25) is 0 Å². The smallest absolute Gasteiger partial charge is 0.222 e. The van der Waals surface area contributed by atoms with E-state index in [0.29, 0.717) is 12.8 Å². The molecule has 134 valence electrons. The third-order valence-corrected chi connectivity index (χ3v) is 5.62. The molecule has 4 heterocycles. The van der Waals surface area contributed by atoms with Crippen molar-refractivity contribution in [3.8, 4) is 0 Å². The molecule has 0 bridgehead atoms. The number of carbonyl (C=O) groups is 1. The molecule has 1 saturated heterocycles. The summed E-state index contributed by atoms with van der Waals surface area (Å²) in [4.78, 5) is 14.6. The summed E-state index contributed by atoms with van der Waals surface area (Å²) in [7, 11) is 0. The first-order chi connectivity index (χ1) is 12.1. The molecule has 25 heavy (non-hydrogen) atoms. The van der Waals surface area contributed by atoms with Gasteiger partial charge in [-0.15, -0.1) is 0 Å². The van der Waals surface area contributed by atoms with E-state index >= 15 is 0 Å². The molecule has 2 aliphatic rings. The van der Waals surface area contributed by atoms with Crippen molar-refractivity contribution in [1.82, 2.24) is 20.3 Å². The van der Waals surface area contributed by atoms with Crippen LogP contribution in [0.4, 0.5) is 0 Å². The van der Waals surface area contributed by atoms with Gasteiger partial charge in [0, 0.05) is 25.1 Å². The van der Waals surface area contributed by atoms with Crippen LogP contribution in [0.15, 0.2) is 10.7 Å². The number of aromatic amines is 1. The highest BCUT2D eigenvalue weighted by atomic mass is 16.5. The maximum absolute atomic E-state index is 12.6. The van der Waals surface area contributed by atoms with Gasteiger partial charge < -0.3 is 14.2 Å². The Morgan fingerprint density at radius 3 is 2.88 bits per heavy atom. The lowest BCUT2D eigenvalue weighted by Crippen LogP contribution is -2.48. The second-order valence-corrected chi connectivity index (χ2v) is 7.05. The molecule has 0 atom stereocenters. The highest BCUT2D eigenvalue weighted by Gasteiger charge is 2.42. The Labute approximate surface area is 146 Å². The third-order valence-electron chi connectivity index (χ3n) is 5.62. The lowest BCUT2D eigenvalue weighted by atomic mass is 9.83. The van der Waals surface area contributed by atoms with E-state index in [-0.39, 0.29) is 11.5 Å². The second kappa shape index (κ2) is 6.29. The van der Waals surface area contributed by atoms with Crippen molar-refractivity contribution in [3.05, 3.63) is 34.5 Å². The van der Waals surface area contributed by atoms with Crippen LogP contribution in [-0.4, -0.2) is 45.9 Å². The fourth-order valence-corrected chi connectivity index (χ4v) is 4.08. The molecule has 1 spiro atoms. The van der Waals surface area contributed by atoms with Crippen LogP contribution in [0.1, 0.15) is 47.5 Å². The topological polar surface area (TPSA) is 84.2 Å². The Balaban J connectivity index is 1.37. The quantitative estimate of drug-likeness (QED) is 0.921. The minimum Gasteiger partial charge on any atom is -0.368 e. The van der Waals surface area contributed by atoms with Crippen LogP contribution >= 0.6 is 0 Å². The van der Waals surface area contributed by atoms with Gasteiger partial charge in [-0.3, -0.25) is 9.89 Å². The zero-order valence-electron chi connectivity index (χ0n) is 14.8. The molecular formula is C18H24N4O3. The average Bonchev–Trinajstić information content (AvgIpc) is 3.22. The van der Waals surface area contributed by atoms with Gasteiger partial charge in [-0.1, -0.05) is 5.16 Å². The van der Waals surface area contributed by atoms with E-state index in [4.69, 9.17) is 9.26 Å². The first-order valence-corrected chi connectivity index (χ1v) is 8.95. The molecule has 2 aromatic heterocycles. The summed E-state index contributed by atoms with van der Waals surface area (Å²) in [6.07, 6.45) is 5.63. The fourth-order valence-electron chi connectivity index (χ4n) is 4.08. The number of ether oxygens (including phenoxy) is 1. The van der Waals surface area contributed by atoms with E-state index in [1.54, 1.807) is 0 Å². The van der Waals surface area contributed by atoms with Gasteiger partial charge >= 0.3 is 0 Å². The average molecular weight is 344 g/mol. The first-order valence-electron chi connectivity index (χ1n) is 8.95. The molecule has 2 aromatic rings. The van der Waals surface area contributed by atoms with Crippen LogP contribution in [0.25, 0.3) is 0 Å². The van der Waals surface area contributed by atoms with Crippen LogP contribution in [0.3, 0.4) is 0 Å². The van der Waals surface area contributed by atoms with Crippen molar-refractivity contribution in [2.24, 2.45) is 0 Å². The number of H-pyrrole nitrogens is 1. The van der Waals surface area contributed by atoms with Crippen molar-refractivity contribution in [2.45, 2.75) is 51.6 Å². The Morgan fingerprint density at radius 2 is 2.16 bits per heavy atom. The van der Waals surface area contributed by atoms with Crippen molar-refractivity contribution in [3.63, 3.8) is 0 Å². The molecule has 0 saturated carbocycles. The number of hydrogen-bond acceptors (Lipinski definition) is 5. The van der Waals surface area contributed by atoms with Gasteiger partial charge in [-0.2, -0.15) is 5.10 Å². The molecule has 0 aliphatic carbocycles. The predicted molar refractivity (Wildman–Crippen MR) is 90.0 cm³/mol. The van der Waals surface area contributed by atoms with Gasteiger partial charge in [-0.25, -0.2) is 0 Å². The summed E-state index contributed by atoms with van der Waals surface area (Å²) in [5, 5.41) is 11.3. The molecule has 4 rings (SSSR count). The number of nitrogens with one attached hydrogen (secondary N) is 1. The number of likely N-dealkylation sites (tertiary alicyclic amines) is 1. The number of aryl methyl sites for hydroxylation is 2. The van der Waals surface area contributed by atoms with E-state index in [2.05, 4.69) is 15.4 Å². The van der Waals surface area contributed by atoms with Gasteiger partial charge in [0.1, 0.15) is 11.4 Å². The molecule has 1 amide bonds. The van der Waals surface area contributed by atoms with Crippen molar-refractivity contribution >= 4 is 5.91 Å². The third kappa shape index (κ3) is 2.86. The molecule has 0 unspecified atom stereocenters. The number of carbonyl (C=O) groups excluding carboxylic acids is 1. The standard InChI is InChI=1S/C18H24N4O3/c1-12-15(13(2)25-21-12)3-4-16(23)22-8-6-18(7-9-22)17-14(5-10-24-18)11-19-20-17/h11H,3-10H2,1-2H3,(H,19,20). The maximum atomic E-state index is 12.6. The zero-order valence-corrected chi connectivity index (χ0v) is 14.8. The Morgan fingerprint density at radius 1 is 1.36 bits per heavy atom. The van der Waals surface area contributed by atoms with Gasteiger partial charge in [0.05, 0.1) is 24.2 Å². The summed E-state index contributed by atoms with van der Waals surface area (Å²) in [6.45, 7) is 5.99. The largest absolute Gasteiger partial charge is 0.368 e. The van der Waals surface area contributed by atoms with Gasteiger partial charge in [0.25, 0.3) is 0 Å². The molecule has 0 radical (unpaired) electrons. The lowest BCUT2D eigenvalue weighted by Gasteiger charge is -2.43. The van der Waals surface area contributed by atoms with Crippen LogP contribution in [0, 0.1) is 13.8 Å². The van der Waals surface area contributed by atoms with E-state index in [0.717, 1.165) is 61.7 Å². The van der Waals surface area contributed by atoms with Gasteiger partial charge in [0.2, 0.25) is 5.91 Å². The summed E-state index contributed by atoms with van der Waals surface area (Å²) in [6, 6.07) is 0. The number of fused-ring (bicyclic) bond motifs is 2. The number of piperidine rings is 1. The number of rotatable bonds is 3. The van der Waals surface area contributed by atoms with Crippen molar-refractivity contribution < 1.29 is 14.1 Å². The summed E-state index contributed by atoms with van der Waals surface area (Å²) < 4.78 is 11.3. The van der Waals surface area contributed by atoms with Crippen LogP contribution in [-0.2, 0) is 28.0 Å². The zero-order chi connectivity index (χ0) is 17.4. The summed E-state index contributed by atoms with van der Waals surface area (Å²) in [5.41, 5.74) is 4.01. The Hall–Kier alpha value is -2.15. The molecule has 1 N–H and O–H groups in total. The molecule has 2 aliphatic heterocycles. The lowest BCUT2D eigenvalue weighted by molar-refractivity contribution is -0.141. The first kappa shape index (κ1) is 16.3. The highest BCUT2D eigenvalue weighted by molar-refractivity contribution is 5.76. The number of amides is 1. The van der Waals surface area contributed by atoms with Gasteiger partial charge in [-0.05, 0) is 45.1 Å². The van der Waals surface area contributed by atoms with E-state index in [1.165, 1.54) is 5.56 Å². The van der Waals surface area contributed by atoms with Crippen LogP contribution < -0.4 is 0 Å². The number of hydrogen-bond donors (Lipinski definition) is 1. The van der Waals surface area contributed by atoms with Gasteiger partial charge in [0.15, 0.2) is 0 Å². The fraction of sp³-hybridized carbons (Fsp3) is 0.611. The van der Waals surface area contributed by atoms with Crippen LogP contribution in [0.5, 0.6) is 0 Å². The highest BCUT2D eigenvalue weighted by Crippen LogP contribution is 2.40. The van der Waals surface area contributed by atoms with Crippen molar-refractivity contribution in [1.29, 1.82) is 0 Å². The van der Waals surface area contributed by atoms with E-state index in [1.807, 2.05) is 24.9 Å². The second-order valence-electron chi connectivity index (χ2n) is 7.05. The summed E-state index contributed by atoms with van der Waals surface area (Å²) in [5.74, 6) is 1.00. The number of aromatic nitrogens is 3. The normalized spacial score (nSPS) is 19.2. The predicted octanol–water partition coefficient (Wildman–Crippen LogP) is 2.04. The maximum Gasteiger partial charge on any atom is 0.222 e. The molecule has 1 fully saturated rings. The molecule has 0 aromatic carbocycles. The summed E-state index contributed by atoms with van der Waals surface area (Å²) >= 11 is 0. The Kier molecular flexibility index (Phi) is 4.11.